The molecule has 3 N–H and O–H groups in total. The molecule has 0 aromatic heterocycles. The van der Waals surface area contributed by atoms with Gasteiger partial charge in [0.05, 0.1) is 11.9 Å². The summed E-state index contributed by atoms with van der Waals surface area (Å²) in [6.07, 6.45) is 3.67. The van der Waals surface area contributed by atoms with Gasteiger partial charge in [-0.15, -0.1) is 0 Å². The molecule has 5 nitrogen and oxygen atoms in total. The van der Waals surface area contributed by atoms with Gasteiger partial charge in [-0.2, -0.15) is 0 Å². The Labute approximate surface area is 120 Å². The van der Waals surface area contributed by atoms with E-state index in [9.17, 15) is 8.42 Å². The molecule has 2 atom stereocenters. The SMILES string of the molecule is CC(C(CCc1ccc2c(c1)CCO2)NN)S(C)(=O)=O. The second-order valence-corrected chi connectivity index (χ2v) is 7.79. The lowest BCUT2D eigenvalue weighted by Crippen LogP contribution is -2.46. The van der Waals surface area contributed by atoms with Crippen molar-refractivity contribution in [1.82, 2.24) is 5.43 Å². The van der Waals surface area contributed by atoms with Gasteiger partial charge in [0.1, 0.15) is 5.75 Å². The lowest BCUT2D eigenvalue weighted by molar-refractivity contribution is 0.357. The molecule has 1 aliphatic rings. The van der Waals surface area contributed by atoms with E-state index in [1.54, 1.807) is 6.92 Å². The summed E-state index contributed by atoms with van der Waals surface area (Å²) in [4.78, 5) is 0. The Morgan fingerprint density at radius 1 is 1.45 bits per heavy atom. The van der Waals surface area contributed by atoms with Gasteiger partial charge >= 0.3 is 0 Å². The summed E-state index contributed by atoms with van der Waals surface area (Å²) >= 11 is 0. The number of sulfone groups is 1. The van der Waals surface area contributed by atoms with Gasteiger partial charge in [-0.05, 0) is 37.0 Å². The number of nitrogens with two attached hydrogens (primary N) is 1. The number of hydrogen-bond donors (Lipinski definition) is 2. The molecule has 1 heterocycles. The Kier molecular flexibility index (Phi) is 4.67. The first-order valence-electron chi connectivity index (χ1n) is 6.81. The summed E-state index contributed by atoms with van der Waals surface area (Å²) < 4.78 is 28.6. The van der Waals surface area contributed by atoms with Crippen molar-refractivity contribution >= 4 is 9.84 Å². The van der Waals surface area contributed by atoms with Crippen LogP contribution in [0.1, 0.15) is 24.5 Å². The highest BCUT2D eigenvalue weighted by atomic mass is 32.2. The van der Waals surface area contributed by atoms with Gasteiger partial charge < -0.3 is 4.74 Å². The van der Waals surface area contributed by atoms with E-state index in [0.717, 1.165) is 25.2 Å². The van der Waals surface area contributed by atoms with Crippen molar-refractivity contribution < 1.29 is 13.2 Å². The van der Waals surface area contributed by atoms with Gasteiger partial charge in [0, 0.05) is 18.7 Å². The molecule has 1 aromatic carbocycles. The number of fused-ring (bicyclic) bond motifs is 1. The van der Waals surface area contributed by atoms with Gasteiger partial charge in [-0.1, -0.05) is 12.1 Å². The maximum atomic E-state index is 11.6. The predicted octanol–water partition coefficient (Wildman–Crippen LogP) is 0.819. The van der Waals surface area contributed by atoms with E-state index in [1.807, 2.05) is 12.1 Å². The molecule has 0 saturated heterocycles. The smallest absolute Gasteiger partial charge is 0.151 e. The molecule has 1 aromatic rings. The third-order valence-corrected chi connectivity index (χ3v) is 5.63. The van der Waals surface area contributed by atoms with E-state index in [0.29, 0.717) is 6.42 Å². The molecule has 0 aliphatic carbocycles. The fourth-order valence-electron chi connectivity index (χ4n) is 2.47. The van der Waals surface area contributed by atoms with Crippen molar-refractivity contribution in [3.05, 3.63) is 29.3 Å². The maximum absolute atomic E-state index is 11.6. The Bertz CT molecular complexity index is 572. The largest absolute Gasteiger partial charge is 0.493 e. The first kappa shape index (κ1) is 15.3. The second kappa shape index (κ2) is 6.11. The van der Waals surface area contributed by atoms with Crippen LogP contribution in [0.2, 0.25) is 0 Å². The van der Waals surface area contributed by atoms with Crippen molar-refractivity contribution in [2.75, 3.05) is 12.9 Å². The lowest BCUT2D eigenvalue weighted by Gasteiger charge is -2.21. The summed E-state index contributed by atoms with van der Waals surface area (Å²) in [5, 5.41) is -0.495. The zero-order chi connectivity index (χ0) is 14.8. The number of benzene rings is 1. The maximum Gasteiger partial charge on any atom is 0.151 e. The Balaban J connectivity index is 2.00. The number of aryl methyl sites for hydroxylation is 1. The molecule has 0 amide bonds. The van der Waals surface area contributed by atoms with Crippen LogP contribution in [0, 0.1) is 0 Å². The number of ether oxygens (including phenoxy) is 1. The standard InChI is InChI=1S/C14H22N2O3S/c1-10(20(2,17)18)13(16-15)5-3-11-4-6-14-12(9-11)7-8-19-14/h4,6,9-10,13,16H,3,5,7-8,15H2,1-2H3. The summed E-state index contributed by atoms with van der Waals surface area (Å²) in [7, 11) is -3.09. The zero-order valence-corrected chi connectivity index (χ0v) is 12.7. The lowest BCUT2D eigenvalue weighted by atomic mass is 10.0. The second-order valence-electron chi connectivity index (χ2n) is 5.39. The first-order chi connectivity index (χ1) is 9.41. The van der Waals surface area contributed by atoms with Crippen LogP contribution in [0.3, 0.4) is 0 Å². The molecule has 2 rings (SSSR count). The van der Waals surface area contributed by atoms with E-state index in [4.69, 9.17) is 10.6 Å². The minimum Gasteiger partial charge on any atom is -0.493 e. The normalized spacial score (nSPS) is 17.4. The van der Waals surface area contributed by atoms with Crippen molar-refractivity contribution in [2.45, 2.75) is 37.5 Å². The van der Waals surface area contributed by atoms with Gasteiger partial charge in [-0.25, -0.2) is 8.42 Å². The van der Waals surface area contributed by atoms with Crippen molar-refractivity contribution in [3.8, 4) is 5.75 Å². The molecular formula is C14H22N2O3S. The van der Waals surface area contributed by atoms with Gasteiger partial charge in [0.2, 0.25) is 0 Å². The fourth-order valence-corrected chi connectivity index (χ4v) is 3.28. The predicted molar refractivity (Wildman–Crippen MR) is 79.4 cm³/mol. The number of hydrazine groups is 1. The minimum absolute atomic E-state index is 0.241. The third-order valence-electron chi connectivity index (χ3n) is 3.95. The van der Waals surface area contributed by atoms with Crippen LogP contribution >= 0.6 is 0 Å². The molecule has 0 spiro atoms. The van der Waals surface area contributed by atoms with Crippen LogP contribution in [-0.4, -0.2) is 32.6 Å². The quantitative estimate of drug-likeness (QED) is 0.600. The van der Waals surface area contributed by atoms with Gasteiger partial charge in [0.25, 0.3) is 0 Å². The number of rotatable bonds is 6. The van der Waals surface area contributed by atoms with Crippen molar-refractivity contribution in [1.29, 1.82) is 0 Å². The van der Waals surface area contributed by atoms with Gasteiger partial charge in [-0.3, -0.25) is 11.3 Å². The number of nitrogens with one attached hydrogen (secondary N) is 1. The van der Waals surface area contributed by atoms with E-state index in [2.05, 4.69) is 11.5 Å². The summed E-state index contributed by atoms with van der Waals surface area (Å²) in [5.74, 6) is 6.45. The van der Waals surface area contributed by atoms with Crippen LogP contribution in [0.5, 0.6) is 5.75 Å². The highest BCUT2D eigenvalue weighted by molar-refractivity contribution is 7.91. The first-order valence-corrected chi connectivity index (χ1v) is 8.77. The Morgan fingerprint density at radius 2 is 2.20 bits per heavy atom. The molecule has 0 bridgehead atoms. The highest BCUT2D eigenvalue weighted by Crippen LogP contribution is 2.26. The number of hydrogen-bond acceptors (Lipinski definition) is 5. The van der Waals surface area contributed by atoms with Crippen LogP contribution in [0.4, 0.5) is 0 Å². The van der Waals surface area contributed by atoms with Crippen molar-refractivity contribution in [3.63, 3.8) is 0 Å². The topological polar surface area (TPSA) is 81.4 Å². The molecule has 2 unspecified atom stereocenters. The minimum atomic E-state index is -3.09. The fraction of sp³-hybridized carbons (Fsp3) is 0.571. The Hall–Kier alpha value is -1.11. The van der Waals surface area contributed by atoms with E-state index >= 15 is 0 Å². The third kappa shape index (κ3) is 3.50. The highest BCUT2D eigenvalue weighted by Gasteiger charge is 2.24. The summed E-state index contributed by atoms with van der Waals surface area (Å²) in [6, 6.07) is 5.92. The van der Waals surface area contributed by atoms with Gasteiger partial charge in [0.15, 0.2) is 9.84 Å². The van der Waals surface area contributed by atoms with Crippen LogP contribution in [0.25, 0.3) is 0 Å². The van der Waals surface area contributed by atoms with E-state index < -0.39 is 15.1 Å². The molecule has 0 fully saturated rings. The molecule has 20 heavy (non-hydrogen) atoms. The Morgan fingerprint density at radius 3 is 2.85 bits per heavy atom. The van der Waals surface area contributed by atoms with Crippen LogP contribution in [-0.2, 0) is 22.7 Å². The van der Waals surface area contributed by atoms with E-state index in [-0.39, 0.29) is 6.04 Å². The molecular weight excluding hydrogens is 276 g/mol. The van der Waals surface area contributed by atoms with Crippen LogP contribution in [0.15, 0.2) is 18.2 Å². The zero-order valence-electron chi connectivity index (χ0n) is 11.9. The summed E-state index contributed by atoms with van der Waals surface area (Å²) in [6.45, 7) is 2.44. The molecule has 6 heteroatoms. The van der Waals surface area contributed by atoms with E-state index in [1.165, 1.54) is 17.4 Å². The average Bonchev–Trinajstić information content (AvgIpc) is 2.85. The molecule has 1 aliphatic heterocycles. The van der Waals surface area contributed by atoms with Crippen LogP contribution < -0.4 is 16.0 Å². The summed E-state index contributed by atoms with van der Waals surface area (Å²) in [5.41, 5.74) is 5.05. The molecule has 112 valence electrons. The van der Waals surface area contributed by atoms with Crippen molar-refractivity contribution in [2.24, 2.45) is 5.84 Å². The molecule has 0 saturated carbocycles. The molecule has 0 radical (unpaired) electrons. The average molecular weight is 298 g/mol. The monoisotopic (exact) mass is 298 g/mol.